The molecule has 0 fully saturated rings. The molecular formula is C15H13Cl2N3O2. The van der Waals surface area contributed by atoms with Crippen molar-refractivity contribution in [2.24, 2.45) is 5.10 Å². The molecular weight excluding hydrogens is 325 g/mol. The highest BCUT2D eigenvalue weighted by molar-refractivity contribution is 6.36. The molecule has 0 spiro atoms. The van der Waals surface area contributed by atoms with Crippen molar-refractivity contribution < 1.29 is 9.90 Å². The van der Waals surface area contributed by atoms with Crippen LogP contribution in [0, 0.1) is 0 Å². The molecule has 3 N–H and O–H groups in total. The summed E-state index contributed by atoms with van der Waals surface area (Å²) < 4.78 is 0. The Kier molecular flexibility index (Phi) is 5.25. The Bertz CT molecular complexity index is 718. The zero-order chi connectivity index (χ0) is 16.1. The molecule has 114 valence electrons. The summed E-state index contributed by atoms with van der Waals surface area (Å²) in [5, 5.41) is 16.9. The summed E-state index contributed by atoms with van der Waals surface area (Å²) in [6.45, 7) is 1.62. The number of hydrogen-bond donors (Lipinski definition) is 3. The molecule has 0 heterocycles. The second-order valence-corrected chi connectivity index (χ2v) is 5.26. The van der Waals surface area contributed by atoms with Crippen LogP contribution in [0.25, 0.3) is 0 Å². The van der Waals surface area contributed by atoms with E-state index in [0.717, 1.165) is 0 Å². The van der Waals surface area contributed by atoms with Crippen molar-refractivity contribution in [2.75, 3.05) is 5.32 Å². The lowest BCUT2D eigenvalue weighted by Crippen LogP contribution is -2.25. The number of nitrogens with zero attached hydrogens (tertiary/aromatic N) is 1. The first-order chi connectivity index (χ1) is 10.5. The summed E-state index contributed by atoms with van der Waals surface area (Å²) in [7, 11) is 0. The number of carbonyl (C=O) groups is 1. The van der Waals surface area contributed by atoms with Gasteiger partial charge < -0.3 is 10.4 Å². The molecule has 0 atom stereocenters. The maximum Gasteiger partial charge on any atom is 0.339 e. The monoisotopic (exact) mass is 337 g/mol. The molecule has 0 unspecified atom stereocenters. The van der Waals surface area contributed by atoms with Crippen molar-refractivity contribution >= 4 is 40.6 Å². The van der Waals surface area contributed by atoms with Gasteiger partial charge in [-0.2, -0.15) is 5.10 Å². The average molecular weight is 338 g/mol. The zero-order valence-electron chi connectivity index (χ0n) is 11.6. The van der Waals surface area contributed by atoms with Crippen LogP contribution in [0.2, 0.25) is 10.0 Å². The van der Waals surface area contributed by atoms with Crippen LogP contribution >= 0.6 is 23.2 Å². The number of halogens is 2. The van der Waals surface area contributed by atoms with E-state index in [1.165, 1.54) is 12.1 Å². The Morgan fingerprint density at radius 3 is 2.55 bits per heavy atom. The van der Waals surface area contributed by atoms with E-state index in [4.69, 9.17) is 23.2 Å². The third-order valence-electron chi connectivity index (χ3n) is 2.77. The Morgan fingerprint density at radius 2 is 1.86 bits per heavy atom. The van der Waals surface area contributed by atoms with Crippen LogP contribution < -0.4 is 10.7 Å². The highest BCUT2D eigenvalue weighted by Crippen LogP contribution is 2.31. The van der Waals surface area contributed by atoms with E-state index in [1.807, 2.05) is 6.07 Å². The number of phenols is 1. The molecule has 0 aromatic heterocycles. The summed E-state index contributed by atoms with van der Waals surface area (Å²) in [4.78, 5) is 11.7. The number of benzene rings is 2. The molecule has 0 saturated carbocycles. The molecule has 0 saturated heterocycles. The number of hydrazone groups is 1. The van der Waals surface area contributed by atoms with E-state index in [9.17, 15) is 9.90 Å². The van der Waals surface area contributed by atoms with Crippen molar-refractivity contribution in [3.63, 3.8) is 0 Å². The summed E-state index contributed by atoms with van der Waals surface area (Å²) in [6.07, 6.45) is 0. The second kappa shape index (κ2) is 7.15. The summed E-state index contributed by atoms with van der Waals surface area (Å²) >= 11 is 11.7. The summed E-state index contributed by atoms with van der Waals surface area (Å²) in [6, 6.07) is 11.4. The lowest BCUT2D eigenvalue weighted by Gasteiger charge is -2.08. The number of aromatic hydroxyl groups is 1. The number of para-hydroxylation sites is 1. The van der Waals surface area contributed by atoms with Gasteiger partial charge in [0, 0.05) is 16.3 Å². The van der Waals surface area contributed by atoms with Crippen molar-refractivity contribution in [3.8, 4) is 5.75 Å². The Hall–Kier alpha value is -2.24. The fourth-order valence-corrected chi connectivity index (χ4v) is 2.21. The SMILES string of the molecule is C/C(=N\NC(=O)Nc1ccccc1)c1cc(Cl)cc(Cl)c1O. The molecule has 2 aromatic carbocycles. The zero-order valence-corrected chi connectivity index (χ0v) is 13.1. The van der Waals surface area contributed by atoms with E-state index < -0.39 is 6.03 Å². The molecule has 5 nitrogen and oxygen atoms in total. The number of hydrogen-bond acceptors (Lipinski definition) is 3. The van der Waals surface area contributed by atoms with E-state index in [2.05, 4.69) is 15.8 Å². The van der Waals surface area contributed by atoms with Crippen molar-refractivity contribution in [3.05, 3.63) is 58.1 Å². The number of urea groups is 1. The molecule has 0 bridgehead atoms. The molecule has 0 radical (unpaired) electrons. The molecule has 7 heteroatoms. The predicted octanol–water partition coefficient (Wildman–Crippen LogP) is 4.24. The van der Waals surface area contributed by atoms with E-state index in [0.29, 0.717) is 22.0 Å². The number of rotatable bonds is 3. The number of carbonyl (C=O) groups excluding carboxylic acids is 1. The Morgan fingerprint density at radius 1 is 1.18 bits per heavy atom. The van der Waals surface area contributed by atoms with Crippen LogP contribution in [0.3, 0.4) is 0 Å². The quantitative estimate of drug-likeness (QED) is 0.578. The predicted molar refractivity (Wildman–Crippen MR) is 88.9 cm³/mol. The fourth-order valence-electron chi connectivity index (χ4n) is 1.72. The van der Waals surface area contributed by atoms with E-state index >= 15 is 0 Å². The first kappa shape index (κ1) is 16.1. The Labute approximate surface area is 137 Å². The lowest BCUT2D eigenvalue weighted by atomic mass is 10.1. The maximum atomic E-state index is 11.7. The molecule has 0 aliphatic carbocycles. The highest BCUT2D eigenvalue weighted by Gasteiger charge is 2.11. The van der Waals surface area contributed by atoms with Crippen LogP contribution in [0.5, 0.6) is 5.75 Å². The first-order valence-corrected chi connectivity index (χ1v) is 7.07. The minimum absolute atomic E-state index is 0.116. The normalized spacial score (nSPS) is 11.1. The minimum Gasteiger partial charge on any atom is -0.506 e. The number of phenolic OH excluding ortho intramolecular Hbond substituents is 1. The molecule has 2 amide bonds. The largest absolute Gasteiger partial charge is 0.506 e. The summed E-state index contributed by atoms with van der Waals surface area (Å²) in [5.74, 6) is -0.141. The lowest BCUT2D eigenvalue weighted by molar-refractivity contribution is 0.252. The van der Waals surface area contributed by atoms with Crippen LogP contribution in [0.1, 0.15) is 12.5 Å². The first-order valence-electron chi connectivity index (χ1n) is 6.32. The standard InChI is InChI=1S/C15H13Cl2N3O2/c1-9(12-7-10(16)8-13(17)14(12)21)19-20-15(22)18-11-5-3-2-4-6-11/h2-8,21H,1H3,(H2,18,20,22)/b19-9+. The third kappa shape index (κ3) is 4.13. The number of nitrogens with one attached hydrogen (secondary N) is 2. The van der Waals surface area contributed by atoms with Gasteiger partial charge >= 0.3 is 6.03 Å². The summed E-state index contributed by atoms with van der Waals surface area (Å²) in [5.41, 5.74) is 3.69. The van der Waals surface area contributed by atoms with Gasteiger partial charge in [0.1, 0.15) is 5.75 Å². The fraction of sp³-hybridized carbons (Fsp3) is 0.0667. The Balaban J connectivity index is 2.08. The van der Waals surface area contributed by atoms with E-state index in [-0.39, 0.29) is 10.8 Å². The van der Waals surface area contributed by atoms with Gasteiger partial charge in [-0.25, -0.2) is 10.2 Å². The highest BCUT2D eigenvalue weighted by atomic mass is 35.5. The van der Waals surface area contributed by atoms with E-state index in [1.54, 1.807) is 31.2 Å². The molecule has 22 heavy (non-hydrogen) atoms. The second-order valence-electron chi connectivity index (χ2n) is 4.41. The number of anilines is 1. The minimum atomic E-state index is -0.502. The van der Waals surface area contributed by atoms with Crippen LogP contribution in [-0.2, 0) is 0 Å². The third-order valence-corrected chi connectivity index (χ3v) is 3.28. The van der Waals surface area contributed by atoms with Crippen molar-refractivity contribution in [1.29, 1.82) is 0 Å². The number of amides is 2. The molecule has 2 aromatic rings. The van der Waals surface area contributed by atoms with Gasteiger partial charge in [0.15, 0.2) is 0 Å². The van der Waals surface area contributed by atoms with Gasteiger partial charge in [0.2, 0.25) is 0 Å². The van der Waals surface area contributed by atoms with Gasteiger partial charge in [0.25, 0.3) is 0 Å². The molecule has 2 rings (SSSR count). The van der Waals surface area contributed by atoms with Gasteiger partial charge in [-0.1, -0.05) is 41.4 Å². The van der Waals surface area contributed by atoms with Gasteiger partial charge in [0.05, 0.1) is 10.7 Å². The van der Waals surface area contributed by atoms with Crippen LogP contribution in [-0.4, -0.2) is 16.8 Å². The smallest absolute Gasteiger partial charge is 0.339 e. The van der Waals surface area contributed by atoms with Crippen molar-refractivity contribution in [2.45, 2.75) is 6.92 Å². The topological polar surface area (TPSA) is 73.7 Å². The van der Waals surface area contributed by atoms with Gasteiger partial charge in [-0.15, -0.1) is 0 Å². The average Bonchev–Trinajstić information content (AvgIpc) is 2.49. The van der Waals surface area contributed by atoms with Gasteiger partial charge in [-0.3, -0.25) is 0 Å². The van der Waals surface area contributed by atoms with Crippen LogP contribution in [0.4, 0.5) is 10.5 Å². The molecule has 0 aliphatic heterocycles. The maximum absolute atomic E-state index is 11.7. The van der Waals surface area contributed by atoms with Crippen LogP contribution in [0.15, 0.2) is 47.6 Å². The molecule has 0 aliphatic rings. The van der Waals surface area contributed by atoms with Crippen molar-refractivity contribution in [1.82, 2.24) is 5.43 Å². The van der Waals surface area contributed by atoms with Gasteiger partial charge in [-0.05, 0) is 31.2 Å².